The van der Waals surface area contributed by atoms with Gasteiger partial charge in [-0.25, -0.2) is 0 Å². The molecular weight excluding hydrogens is 369 g/mol. The van der Waals surface area contributed by atoms with Crippen LogP contribution in [0.2, 0.25) is 0 Å². The van der Waals surface area contributed by atoms with Gasteiger partial charge in [0.05, 0.1) is 13.2 Å². The van der Waals surface area contributed by atoms with E-state index in [0.29, 0.717) is 13.2 Å². The predicted molar refractivity (Wildman–Crippen MR) is 105 cm³/mol. The standard InChI is InChI=1S/C16H29N3O2S.2ClH/c20-15(14-12-21-9-6-17-14)18-13-16(4-2-1-3-5-16)19-7-10-22-11-8-19;;/h14,17H,1-13H2,(H,18,20);2*1H. The lowest BCUT2D eigenvalue weighted by Gasteiger charge is -2.48. The number of nitrogens with one attached hydrogen (secondary N) is 2. The molecule has 2 heterocycles. The first-order valence-corrected chi connectivity index (χ1v) is 9.87. The third-order valence-corrected chi connectivity index (χ3v) is 6.24. The van der Waals surface area contributed by atoms with Gasteiger partial charge in [0.2, 0.25) is 5.91 Å². The molecule has 1 aliphatic carbocycles. The minimum atomic E-state index is -0.175. The van der Waals surface area contributed by atoms with E-state index in [0.717, 1.165) is 13.1 Å². The molecule has 0 radical (unpaired) electrons. The number of carbonyl (C=O) groups is 1. The smallest absolute Gasteiger partial charge is 0.239 e. The van der Waals surface area contributed by atoms with Crippen molar-refractivity contribution in [1.82, 2.24) is 15.5 Å². The van der Waals surface area contributed by atoms with Crippen molar-refractivity contribution in [3.63, 3.8) is 0 Å². The average Bonchev–Trinajstić information content (AvgIpc) is 2.62. The molecule has 3 fully saturated rings. The molecule has 5 nitrogen and oxygen atoms in total. The van der Waals surface area contributed by atoms with Crippen LogP contribution in [0.15, 0.2) is 0 Å². The summed E-state index contributed by atoms with van der Waals surface area (Å²) in [7, 11) is 0. The summed E-state index contributed by atoms with van der Waals surface area (Å²) in [5, 5.41) is 6.47. The fourth-order valence-electron chi connectivity index (χ4n) is 3.96. The zero-order chi connectivity index (χ0) is 15.3. The van der Waals surface area contributed by atoms with Crippen molar-refractivity contribution in [1.29, 1.82) is 0 Å². The second kappa shape index (κ2) is 11.1. The molecular formula is C16H31Cl2N3O2S. The number of amides is 1. The summed E-state index contributed by atoms with van der Waals surface area (Å²) in [6, 6.07) is -0.175. The molecule has 3 rings (SSSR count). The van der Waals surface area contributed by atoms with E-state index in [1.807, 2.05) is 0 Å². The Labute approximate surface area is 162 Å². The zero-order valence-electron chi connectivity index (χ0n) is 14.3. The SMILES string of the molecule is Cl.Cl.O=C(NCC1(N2CCSCC2)CCCCC1)C1COCCN1. The van der Waals surface area contributed by atoms with Crippen LogP contribution in [0.5, 0.6) is 0 Å². The van der Waals surface area contributed by atoms with Crippen LogP contribution in [0, 0.1) is 0 Å². The van der Waals surface area contributed by atoms with E-state index in [4.69, 9.17) is 4.74 Å². The topological polar surface area (TPSA) is 53.6 Å². The van der Waals surface area contributed by atoms with E-state index in [1.54, 1.807) is 0 Å². The van der Waals surface area contributed by atoms with Gasteiger partial charge in [-0.1, -0.05) is 19.3 Å². The summed E-state index contributed by atoms with van der Waals surface area (Å²) < 4.78 is 5.40. The molecule has 1 unspecified atom stereocenters. The molecule has 8 heteroatoms. The van der Waals surface area contributed by atoms with Gasteiger partial charge in [0.15, 0.2) is 0 Å². The van der Waals surface area contributed by atoms with Gasteiger partial charge in [0.1, 0.15) is 6.04 Å². The van der Waals surface area contributed by atoms with Crippen molar-refractivity contribution in [3.8, 4) is 0 Å². The first-order valence-electron chi connectivity index (χ1n) is 8.72. The highest BCUT2D eigenvalue weighted by atomic mass is 35.5. The lowest BCUT2D eigenvalue weighted by atomic mass is 9.80. The number of ether oxygens (including phenoxy) is 1. The van der Waals surface area contributed by atoms with E-state index >= 15 is 0 Å². The van der Waals surface area contributed by atoms with E-state index in [-0.39, 0.29) is 42.3 Å². The van der Waals surface area contributed by atoms with Crippen LogP contribution in [0.25, 0.3) is 0 Å². The van der Waals surface area contributed by atoms with Gasteiger partial charge >= 0.3 is 0 Å². The second-order valence-corrected chi connectivity index (χ2v) is 7.91. The quantitative estimate of drug-likeness (QED) is 0.752. The molecule has 24 heavy (non-hydrogen) atoms. The van der Waals surface area contributed by atoms with E-state index < -0.39 is 0 Å². The van der Waals surface area contributed by atoms with Gasteiger partial charge in [-0.2, -0.15) is 11.8 Å². The van der Waals surface area contributed by atoms with Crippen molar-refractivity contribution >= 4 is 42.5 Å². The second-order valence-electron chi connectivity index (χ2n) is 6.68. The fraction of sp³-hybridized carbons (Fsp3) is 0.938. The Balaban J connectivity index is 0.00000144. The van der Waals surface area contributed by atoms with Crippen LogP contribution in [-0.4, -0.2) is 73.3 Å². The first-order chi connectivity index (χ1) is 10.8. The Morgan fingerprint density at radius 3 is 2.54 bits per heavy atom. The molecule has 0 spiro atoms. The molecule has 2 N–H and O–H groups in total. The summed E-state index contributed by atoms with van der Waals surface area (Å²) in [5.74, 6) is 2.57. The van der Waals surface area contributed by atoms with Gasteiger partial charge in [-0.05, 0) is 12.8 Å². The highest BCUT2D eigenvalue weighted by Gasteiger charge is 2.39. The maximum Gasteiger partial charge on any atom is 0.239 e. The molecule has 0 aromatic carbocycles. The number of hydrogen-bond donors (Lipinski definition) is 2. The summed E-state index contributed by atoms with van der Waals surface area (Å²) in [6.07, 6.45) is 6.39. The number of nitrogens with zero attached hydrogens (tertiary/aromatic N) is 1. The molecule has 0 bridgehead atoms. The van der Waals surface area contributed by atoms with Crippen LogP contribution < -0.4 is 10.6 Å². The molecule has 142 valence electrons. The van der Waals surface area contributed by atoms with Gasteiger partial charge < -0.3 is 15.4 Å². The lowest BCUT2D eigenvalue weighted by Crippen LogP contribution is -2.61. The van der Waals surface area contributed by atoms with Gasteiger partial charge in [-0.3, -0.25) is 9.69 Å². The number of carbonyl (C=O) groups excluding carboxylic acids is 1. The Hall–Kier alpha value is 0.280. The number of rotatable bonds is 4. The van der Waals surface area contributed by atoms with Crippen molar-refractivity contribution in [2.24, 2.45) is 0 Å². The summed E-state index contributed by atoms with van der Waals surface area (Å²) in [6.45, 7) is 5.12. The Morgan fingerprint density at radius 2 is 1.92 bits per heavy atom. The van der Waals surface area contributed by atoms with Crippen LogP contribution in [0.4, 0.5) is 0 Å². The molecule has 3 aliphatic rings. The molecule has 1 saturated carbocycles. The van der Waals surface area contributed by atoms with Crippen LogP contribution >= 0.6 is 36.6 Å². The minimum Gasteiger partial charge on any atom is -0.378 e. The third kappa shape index (κ3) is 5.64. The van der Waals surface area contributed by atoms with E-state index in [2.05, 4.69) is 27.3 Å². The molecule has 0 aromatic rings. The van der Waals surface area contributed by atoms with Crippen LogP contribution in [0.3, 0.4) is 0 Å². The molecule has 1 atom stereocenters. The maximum absolute atomic E-state index is 12.4. The Bertz CT molecular complexity index is 372. The molecule has 2 aliphatic heterocycles. The molecule has 0 aromatic heterocycles. The monoisotopic (exact) mass is 399 g/mol. The number of halogens is 2. The maximum atomic E-state index is 12.4. The number of thioether (sulfide) groups is 1. The summed E-state index contributed by atoms with van der Waals surface area (Å²) in [4.78, 5) is 15.0. The van der Waals surface area contributed by atoms with Gasteiger partial charge in [0, 0.05) is 43.2 Å². The summed E-state index contributed by atoms with van der Waals surface area (Å²) >= 11 is 2.05. The van der Waals surface area contributed by atoms with E-state index in [1.165, 1.54) is 56.7 Å². The summed E-state index contributed by atoms with van der Waals surface area (Å²) in [5.41, 5.74) is 0.199. The average molecular weight is 400 g/mol. The number of morpholine rings is 1. The normalized spacial score (nSPS) is 27.4. The van der Waals surface area contributed by atoms with Crippen molar-refractivity contribution in [3.05, 3.63) is 0 Å². The van der Waals surface area contributed by atoms with Gasteiger partial charge in [0.25, 0.3) is 0 Å². The van der Waals surface area contributed by atoms with Crippen molar-refractivity contribution < 1.29 is 9.53 Å². The third-order valence-electron chi connectivity index (χ3n) is 5.30. The largest absolute Gasteiger partial charge is 0.378 e. The number of hydrogen-bond acceptors (Lipinski definition) is 5. The van der Waals surface area contributed by atoms with Gasteiger partial charge in [-0.15, -0.1) is 24.8 Å². The predicted octanol–water partition coefficient (Wildman–Crippen LogP) is 1.69. The highest BCUT2D eigenvalue weighted by molar-refractivity contribution is 7.99. The lowest BCUT2D eigenvalue weighted by molar-refractivity contribution is -0.126. The molecule has 1 amide bonds. The first kappa shape index (κ1) is 22.3. The Kier molecular flexibility index (Phi) is 10.3. The van der Waals surface area contributed by atoms with Crippen LogP contribution in [0.1, 0.15) is 32.1 Å². The fourth-order valence-corrected chi connectivity index (χ4v) is 4.86. The van der Waals surface area contributed by atoms with Crippen LogP contribution in [-0.2, 0) is 9.53 Å². The molecule has 2 saturated heterocycles. The van der Waals surface area contributed by atoms with Crippen molar-refractivity contribution in [2.75, 3.05) is 50.9 Å². The zero-order valence-corrected chi connectivity index (χ0v) is 16.7. The minimum absolute atomic E-state index is 0. The highest BCUT2D eigenvalue weighted by Crippen LogP contribution is 2.34. The Morgan fingerprint density at radius 1 is 1.21 bits per heavy atom. The van der Waals surface area contributed by atoms with E-state index in [9.17, 15) is 4.79 Å². The van der Waals surface area contributed by atoms with Crippen molar-refractivity contribution in [2.45, 2.75) is 43.7 Å².